The van der Waals surface area contributed by atoms with Gasteiger partial charge in [-0.15, -0.1) is 0 Å². The molecule has 2 nitrogen and oxygen atoms in total. The van der Waals surface area contributed by atoms with E-state index in [9.17, 15) is 0 Å². The molecule has 4 N–H and O–H groups in total. The maximum atomic E-state index is 2.42. The highest BCUT2D eigenvalue weighted by atomic mass is 15.0. The first kappa shape index (κ1) is 12.9. The van der Waals surface area contributed by atoms with Crippen molar-refractivity contribution >= 4 is 0 Å². The summed E-state index contributed by atoms with van der Waals surface area (Å²) in [5, 5.41) is 4.84. The van der Waals surface area contributed by atoms with Crippen LogP contribution >= 0.6 is 0 Å². The van der Waals surface area contributed by atoms with Crippen molar-refractivity contribution < 1.29 is 10.6 Å². The molecule has 0 unspecified atom stereocenters. The highest BCUT2D eigenvalue weighted by Gasteiger charge is 2.14. The summed E-state index contributed by atoms with van der Waals surface area (Å²) in [6.45, 7) is 16.1. The second-order valence-corrected chi connectivity index (χ2v) is 6.07. The van der Waals surface area contributed by atoms with Gasteiger partial charge in [0.05, 0.1) is 24.2 Å². The van der Waals surface area contributed by atoms with Crippen LogP contribution in [0.4, 0.5) is 0 Å². The molecular weight excluding hydrogens is 160 g/mol. The molecule has 0 aromatic carbocycles. The topological polar surface area (TPSA) is 33.2 Å². The Balaban J connectivity index is 3.28. The lowest BCUT2D eigenvalue weighted by Crippen LogP contribution is -2.97. The molecule has 0 aromatic heterocycles. The van der Waals surface area contributed by atoms with E-state index in [0.717, 1.165) is 0 Å². The molecule has 0 radical (unpaired) electrons. The third-order valence-electron chi connectivity index (χ3n) is 1.92. The highest BCUT2D eigenvalue weighted by Crippen LogP contribution is 1.89. The molecule has 0 saturated heterocycles. The van der Waals surface area contributed by atoms with E-state index in [2.05, 4.69) is 52.2 Å². The second kappa shape index (κ2) is 4.97. The smallest absolute Gasteiger partial charge is 0.0876 e. The third-order valence-corrected chi connectivity index (χ3v) is 1.92. The van der Waals surface area contributed by atoms with Crippen molar-refractivity contribution in [1.29, 1.82) is 0 Å². The van der Waals surface area contributed by atoms with Crippen LogP contribution in [0.15, 0.2) is 0 Å². The maximum absolute atomic E-state index is 2.42. The van der Waals surface area contributed by atoms with Crippen molar-refractivity contribution in [3.05, 3.63) is 0 Å². The maximum Gasteiger partial charge on any atom is 0.0876 e. The van der Waals surface area contributed by atoms with Crippen molar-refractivity contribution in [1.82, 2.24) is 0 Å². The molecule has 13 heavy (non-hydrogen) atoms. The normalized spacial score (nSPS) is 13.4. The molecule has 0 aromatic rings. The van der Waals surface area contributed by atoms with Crippen molar-refractivity contribution in [2.24, 2.45) is 0 Å². The Morgan fingerprint density at radius 2 is 1.00 bits per heavy atom. The average Bonchev–Trinajstić information content (AvgIpc) is 1.81. The summed E-state index contributed by atoms with van der Waals surface area (Å²) in [6, 6.07) is 0. The van der Waals surface area contributed by atoms with E-state index in [1.54, 1.807) is 0 Å². The summed E-state index contributed by atoms with van der Waals surface area (Å²) < 4.78 is 0. The molecule has 0 saturated carbocycles. The molecule has 0 aliphatic heterocycles. The van der Waals surface area contributed by atoms with Gasteiger partial charge >= 0.3 is 0 Å². The Labute approximate surface area is 83.5 Å². The first-order valence-corrected chi connectivity index (χ1v) is 5.39. The van der Waals surface area contributed by atoms with Crippen LogP contribution in [-0.4, -0.2) is 24.2 Å². The van der Waals surface area contributed by atoms with Gasteiger partial charge in [-0.25, -0.2) is 0 Å². The van der Waals surface area contributed by atoms with Gasteiger partial charge in [-0.2, -0.15) is 0 Å². The molecule has 0 amide bonds. The Morgan fingerprint density at radius 3 is 1.23 bits per heavy atom. The van der Waals surface area contributed by atoms with Crippen LogP contribution in [0.1, 0.15) is 48.0 Å². The number of hydrogen-bond donors (Lipinski definition) is 2. The second-order valence-electron chi connectivity index (χ2n) is 6.07. The molecule has 0 spiro atoms. The van der Waals surface area contributed by atoms with Gasteiger partial charge in [-0.05, 0) is 41.5 Å². The van der Waals surface area contributed by atoms with Crippen molar-refractivity contribution in [2.75, 3.05) is 13.1 Å². The molecule has 0 rings (SSSR count). The zero-order valence-electron chi connectivity index (χ0n) is 10.3. The van der Waals surface area contributed by atoms with Gasteiger partial charge in [0.1, 0.15) is 0 Å². The minimum absolute atomic E-state index is 0.391. The SMILES string of the molecule is CC(C)(C)[NH2+]CCC[NH2+]C(C)(C)C. The Hall–Kier alpha value is -0.0800. The Morgan fingerprint density at radius 1 is 0.692 bits per heavy atom. The van der Waals surface area contributed by atoms with Crippen LogP contribution in [-0.2, 0) is 0 Å². The first-order valence-electron chi connectivity index (χ1n) is 5.39. The van der Waals surface area contributed by atoms with Crippen LogP contribution in [0.25, 0.3) is 0 Å². The van der Waals surface area contributed by atoms with Gasteiger partial charge in [-0.3, -0.25) is 0 Å². The van der Waals surface area contributed by atoms with Gasteiger partial charge in [-0.1, -0.05) is 0 Å². The minimum atomic E-state index is 0.391. The van der Waals surface area contributed by atoms with Crippen LogP contribution in [0.2, 0.25) is 0 Å². The van der Waals surface area contributed by atoms with Gasteiger partial charge in [0, 0.05) is 6.42 Å². The lowest BCUT2D eigenvalue weighted by Gasteiger charge is -2.19. The van der Waals surface area contributed by atoms with Crippen LogP contribution in [0.3, 0.4) is 0 Å². The van der Waals surface area contributed by atoms with Crippen LogP contribution in [0, 0.1) is 0 Å². The fraction of sp³-hybridized carbons (Fsp3) is 1.00. The lowest BCUT2D eigenvalue weighted by atomic mass is 10.1. The van der Waals surface area contributed by atoms with E-state index in [4.69, 9.17) is 0 Å². The molecule has 0 aliphatic rings. The third kappa shape index (κ3) is 11.9. The summed E-state index contributed by atoms with van der Waals surface area (Å²) in [5.41, 5.74) is 0.781. The summed E-state index contributed by atoms with van der Waals surface area (Å²) in [4.78, 5) is 0. The van der Waals surface area contributed by atoms with Gasteiger partial charge in [0.2, 0.25) is 0 Å². The molecule has 0 bridgehead atoms. The van der Waals surface area contributed by atoms with E-state index in [-0.39, 0.29) is 0 Å². The molecule has 2 heteroatoms. The largest absolute Gasteiger partial charge is 0.342 e. The highest BCUT2D eigenvalue weighted by molar-refractivity contribution is 4.53. The van der Waals surface area contributed by atoms with Gasteiger partial charge < -0.3 is 10.6 Å². The zero-order chi connectivity index (χ0) is 10.5. The summed E-state index contributed by atoms with van der Waals surface area (Å²) >= 11 is 0. The van der Waals surface area contributed by atoms with Gasteiger partial charge in [0.15, 0.2) is 0 Å². The van der Waals surface area contributed by atoms with E-state index in [1.807, 2.05) is 0 Å². The van der Waals surface area contributed by atoms with E-state index in [0.29, 0.717) is 11.1 Å². The van der Waals surface area contributed by atoms with Crippen LogP contribution in [0.5, 0.6) is 0 Å². The van der Waals surface area contributed by atoms with Gasteiger partial charge in [0.25, 0.3) is 0 Å². The lowest BCUT2D eigenvalue weighted by molar-refractivity contribution is -0.739. The van der Waals surface area contributed by atoms with Crippen LogP contribution < -0.4 is 10.6 Å². The molecule has 0 heterocycles. The van der Waals surface area contributed by atoms with Crippen molar-refractivity contribution in [3.63, 3.8) is 0 Å². The number of rotatable bonds is 4. The van der Waals surface area contributed by atoms with E-state index >= 15 is 0 Å². The standard InChI is InChI=1S/C11H26N2/c1-10(2,3)12-8-7-9-13-11(4,5)6/h12-13H,7-9H2,1-6H3/p+2. The monoisotopic (exact) mass is 188 g/mol. The Kier molecular flexibility index (Phi) is 4.93. The number of quaternary nitrogens is 2. The fourth-order valence-corrected chi connectivity index (χ4v) is 1.19. The summed E-state index contributed by atoms with van der Waals surface area (Å²) in [6.07, 6.45) is 1.30. The Bertz CT molecular complexity index is 112. The zero-order valence-corrected chi connectivity index (χ0v) is 10.3. The number of hydrogen-bond acceptors (Lipinski definition) is 0. The minimum Gasteiger partial charge on any atom is -0.342 e. The predicted octanol–water partition coefficient (Wildman–Crippen LogP) is 0.100. The van der Waals surface area contributed by atoms with E-state index in [1.165, 1.54) is 19.5 Å². The summed E-state index contributed by atoms with van der Waals surface area (Å²) in [7, 11) is 0. The average molecular weight is 188 g/mol. The number of nitrogens with two attached hydrogens (primary N) is 2. The van der Waals surface area contributed by atoms with Crippen molar-refractivity contribution in [2.45, 2.75) is 59.0 Å². The molecule has 80 valence electrons. The molecule has 0 fully saturated rings. The van der Waals surface area contributed by atoms with Crippen molar-refractivity contribution in [3.8, 4) is 0 Å². The molecule has 0 atom stereocenters. The predicted molar refractivity (Wildman–Crippen MR) is 57.7 cm³/mol. The fourth-order valence-electron chi connectivity index (χ4n) is 1.19. The first-order chi connectivity index (χ1) is 5.71. The summed E-state index contributed by atoms with van der Waals surface area (Å²) in [5.74, 6) is 0. The molecule has 0 aliphatic carbocycles. The van der Waals surface area contributed by atoms with E-state index < -0.39 is 0 Å². The molecular formula is C11H28N2+2. The quantitative estimate of drug-likeness (QED) is 0.587.